The molecule has 31 heavy (non-hydrogen) atoms. The van der Waals surface area contributed by atoms with Crippen molar-refractivity contribution in [3.05, 3.63) is 95.1 Å². The van der Waals surface area contributed by atoms with Crippen LogP contribution < -0.4 is 20.1 Å². The van der Waals surface area contributed by atoms with E-state index in [-0.39, 0.29) is 18.0 Å². The van der Waals surface area contributed by atoms with Gasteiger partial charge in [0.15, 0.2) is 18.0 Å². The molecule has 0 saturated heterocycles. The molecule has 1 heterocycles. The molecule has 1 aliphatic rings. The molecule has 0 saturated carbocycles. The highest BCUT2D eigenvalue weighted by Gasteiger charge is 2.20. The molecule has 0 spiro atoms. The predicted octanol–water partition coefficient (Wildman–Crippen LogP) is 3.30. The van der Waals surface area contributed by atoms with Crippen LogP contribution in [-0.2, 0) is 4.79 Å². The Morgan fingerprint density at radius 3 is 2.29 bits per heavy atom. The van der Waals surface area contributed by atoms with Crippen molar-refractivity contribution in [2.75, 3.05) is 19.8 Å². The highest BCUT2D eigenvalue weighted by atomic mass is 16.6. The summed E-state index contributed by atoms with van der Waals surface area (Å²) in [5.41, 5.74) is 4.58. The van der Waals surface area contributed by atoms with Crippen LogP contribution in [0.2, 0.25) is 0 Å². The predicted molar refractivity (Wildman–Crippen MR) is 120 cm³/mol. The van der Waals surface area contributed by atoms with Gasteiger partial charge in [0.25, 0.3) is 5.91 Å². The van der Waals surface area contributed by atoms with Crippen molar-refractivity contribution in [1.82, 2.24) is 5.32 Å². The van der Waals surface area contributed by atoms with E-state index in [4.69, 9.17) is 9.47 Å². The van der Waals surface area contributed by atoms with Gasteiger partial charge in [-0.3, -0.25) is 4.79 Å². The van der Waals surface area contributed by atoms with Crippen LogP contribution in [0, 0.1) is 6.92 Å². The third-order valence-electron chi connectivity index (χ3n) is 5.58. The van der Waals surface area contributed by atoms with Crippen LogP contribution in [-0.4, -0.2) is 25.7 Å². The molecular weight excluding hydrogens is 388 g/mol. The van der Waals surface area contributed by atoms with Gasteiger partial charge in [-0.25, -0.2) is 0 Å². The minimum Gasteiger partial charge on any atom is -0.486 e. The Morgan fingerprint density at radius 2 is 1.55 bits per heavy atom. The first-order valence-electron chi connectivity index (χ1n) is 10.7. The normalized spacial score (nSPS) is 14.5. The van der Waals surface area contributed by atoms with Crippen LogP contribution in [0.5, 0.6) is 11.5 Å². The summed E-state index contributed by atoms with van der Waals surface area (Å²) in [5.74, 6) is 1.49. The first kappa shape index (κ1) is 20.9. The van der Waals surface area contributed by atoms with Crippen molar-refractivity contribution >= 4 is 5.91 Å². The fourth-order valence-corrected chi connectivity index (χ4v) is 3.84. The Hall–Kier alpha value is -3.31. The molecule has 4 rings (SSSR count). The highest BCUT2D eigenvalue weighted by Crippen LogP contribution is 2.32. The minimum atomic E-state index is -0.119. The number of ether oxygens (including phenoxy) is 2. The number of amides is 1. The second kappa shape index (κ2) is 9.67. The van der Waals surface area contributed by atoms with Gasteiger partial charge < -0.3 is 20.1 Å². The number of fused-ring (bicyclic) bond motifs is 1. The number of benzene rings is 3. The number of aryl methyl sites for hydroxylation is 1. The van der Waals surface area contributed by atoms with Crippen molar-refractivity contribution in [2.45, 2.75) is 25.9 Å². The van der Waals surface area contributed by atoms with E-state index in [1.54, 1.807) is 0 Å². The first-order chi connectivity index (χ1) is 15.1. The van der Waals surface area contributed by atoms with Crippen molar-refractivity contribution in [3.8, 4) is 11.5 Å². The molecule has 0 fully saturated rings. The Bertz CT molecular complexity index is 1020. The third-order valence-corrected chi connectivity index (χ3v) is 5.58. The molecule has 160 valence electrons. The van der Waals surface area contributed by atoms with Gasteiger partial charge in [0, 0.05) is 11.1 Å². The van der Waals surface area contributed by atoms with Crippen LogP contribution in [0.3, 0.4) is 0 Å². The molecule has 3 aromatic carbocycles. The second-order valence-electron chi connectivity index (χ2n) is 7.93. The van der Waals surface area contributed by atoms with Gasteiger partial charge >= 0.3 is 0 Å². The average Bonchev–Trinajstić information content (AvgIpc) is 2.80. The molecule has 2 atom stereocenters. The quantitative estimate of drug-likeness (QED) is 0.620. The molecule has 5 heteroatoms. The van der Waals surface area contributed by atoms with Crippen LogP contribution in [0.1, 0.15) is 41.3 Å². The molecule has 1 aliphatic heterocycles. The Balaban J connectivity index is 1.41. The maximum atomic E-state index is 12.7. The zero-order valence-electron chi connectivity index (χ0n) is 18.0. The molecule has 0 unspecified atom stereocenters. The standard InChI is InChI=1S/C26H28N2O3/c1-18-8-10-21(11-9-18)26(20-6-4-3-5-7-20)27-17-25(29)28-19(2)22-12-13-23-24(16-22)31-15-14-30-23/h3-13,16,19,26-27H,14-15,17H2,1-2H3,(H,28,29)/p+1/t19-,26-/m1/s1. The summed E-state index contributed by atoms with van der Waals surface area (Å²) in [4.78, 5) is 12.7. The van der Waals surface area contributed by atoms with Crippen LogP contribution in [0.25, 0.3) is 0 Å². The van der Waals surface area contributed by atoms with Crippen LogP contribution >= 0.6 is 0 Å². The molecule has 0 bridgehead atoms. The minimum absolute atomic E-state index is 0.00423. The smallest absolute Gasteiger partial charge is 0.275 e. The Labute approximate surface area is 183 Å². The van der Waals surface area contributed by atoms with E-state index in [1.807, 2.05) is 43.3 Å². The van der Waals surface area contributed by atoms with Gasteiger partial charge in [-0.15, -0.1) is 0 Å². The lowest BCUT2D eigenvalue weighted by Crippen LogP contribution is -2.87. The number of nitrogens with one attached hydrogen (secondary N) is 1. The van der Waals surface area contributed by atoms with Gasteiger partial charge in [-0.2, -0.15) is 0 Å². The number of rotatable bonds is 7. The van der Waals surface area contributed by atoms with Gasteiger partial charge in [0.2, 0.25) is 0 Å². The van der Waals surface area contributed by atoms with Gasteiger partial charge in [0.1, 0.15) is 19.3 Å². The summed E-state index contributed by atoms with van der Waals surface area (Å²) in [7, 11) is 0. The molecule has 3 aromatic rings. The lowest BCUT2D eigenvalue weighted by atomic mass is 9.98. The number of carbonyl (C=O) groups is 1. The molecule has 5 nitrogen and oxygen atoms in total. The van der Waals surface area contributed by atoms with Crippen molar-refractivity contribution < 1.29 is 19.6 Å². The van der Waals surface area contributed by atoms with E-state index in [2.05, 4.69) is 54.0 Å². The topological polar surface area (TPSA) is 64.2 Å². The molecule has 0 radical (unpaired) electrons. The van der Waals surface area contributed by atoms with Crippen LogP contribution in [0.4, 0.5) is 0 Å². The summed E-state index contributed by atoms with van der Waals surface area (Å²) >= 11 is 0. The van der Waals surface area contributed by atoms with E-state index in [0.717, 1.165) is 17.1 Å². The van der Waals surface area contributed by atoms with E-state index >= 15 is 0 Å². The lowest BCUT2D eigenvalue weighted by Gasteiger charge is -2.21. The molecule has 0 aliphatic carbocycles. The monoisotopic (exact) mass is 417 g/mol. The van der Waals surface area contributed by atoms with Crippen molar-refractivity contribution in [2.24, 2.45) is 0 Å². The number of hydrogen-bond donors (Lipinski definition) is 2. The summed E-state index contributed by atoms with van der Waals surface area (Å²) in [6.45, 7) is 5.52. The molecular formula is C26H29N2O3+. The van der Waals surface area contributed by atoms with Crippen LogP contribution in [0.15, 0.2) is 72.8 Å². The second-order valence-corrected chi connectivity index (χ2v) is 7.93. The highest BCUT2D eigenvalue weighted by molar-refractivity contribution is 5.77. The third kappa shape index (κ3) is 5.25. The van der Waals surface area contributed by atoms with E-state index < -0.39 is 0 Å². The molecule has 3 N–H and O–H groups in total. The maximum absolute atomic E-state index is 12.7. The SMILES string of the molecule is Cc1ccc([C@H]([NH2+]CC(=O)N[C@H](C)c2ccc3c(c2)OCCO3)c2ccccc2)cc1. The van der Waals surface area contributed by atoms with Crippen molar-refractivity contribution in [1.29, 1.82) is 0 Å². The van der Waals surface area contributed by atoms with Gasteiger partial charge in [-0.05, 0) is 31.5 Å². The number of carbonyl (C=O) groups excluding carboxylic acids is 1. The zero-order valence-corrected chi connectivity index (χ0v) is 18.0. The van der Waals surface area contributed by atoms with E-state index in [0.29, 0.717) is 19.8 Å². The number of nitrogens with two attached hydrogens (primary N) is 1. The summed E-state index contributed by atoms with van der Waals surface area (Å²) < 4.78 is 11.2. The summed E-state index contributed by atoms with van der Waals surface area (Å²) in [6, 6.07) is 24.6. The summed E-state index contributed by atoms with van der Waals surface area (Å²) in [5, 5.41) is 5.19. The molecule has 1 amide bonds. The molecule has 0 aromatic heterocycles. The zero-order chi connectivity index (χ0) is 21.6. The Kier molecular flexibility index (Phi) is 6.53. The van der Waals surface area contributed by atoms with Gasteiger partial charge in [0.05, 0.1) is 6.04 Å². The lowest BCUT2D eigenvalue weighted by molar-refractivity contribution is -0.676. The number of quaternary nitrogens is 1. The average molecular weight is 418 g/mol. The fourth-order valence-electron chi connectivity index (χ4n) is 3.84. The van der Waals surface area contributed by atoms with E-state index in [1.165, 1.54) is 16.7 Å². The largest absolute Gasteiger partial charge is 0.486 e. The Morgan fingerprint density at radius 1 is 0.903 bits per heavy atom. The van der Waals surface area contributed by atoms with Gasteiger partial charge in [-0.1, -0.05) is 66.2 Å². The maximum Gasteiger partial charge on any atom is 0.275 e. The number of hydrogen-bond acceptors (Lipinski definition) is 3. The summed E-state index contributed by atoms with van der Waals surface area (Å²) in [6.07, 6.45) is 0. The van der Waals surface area contributed by atoms with Crippen molar-refractivity contribution in [3.63, 3.8) is 0 Å². The first-order valence-corrected chi connectivity index (χ1v) is 10.7. The fraction of sp³-hybridized carbons (Fsp3) is 0.269. The van der Waals surface area contributed by atoms with E-state index in [9.17, 15) is 4.79 Å².